The Morgan fingerprint density at radius 2 is 1.79 bits per heavy atom. The molecular weight excluding hydrogens is 357 g/mol. The molecule has 2 aromatic carbocycles. The van der Waals surface area contributed by atoms with Crippen LogP contribution in [0.5, 0.6) is 5.75 Å². The lowest BCUT2D eigenvalue weighted by atomic mass is 10.1. The molecule has 2 aromatic rings. The van der Waals surface area contributed by atoms with E-state index < -0.39 is 11.9 Å². The second kappa shape index (κ2) is 9.55. The third kappa shape index (κ3) is 5.23. The zero-order valence-electron chi connectivity index (χ0n) is 16.5. The number of piperazine rings is 1. The summed E-state index contributed by atoms with van der Waals surface area (Å²) in [4.78, 5) is 17.1. The number of ether oxygens (including phenoxy) is 1. The minimum atomic E-state index is -0.721. The van der Waals surface area contributed by atoms with E-state index in [9.17, 15) is 9.18 Å². The van der Waals surface area contributed by atoms with Crippen molar-refractivity contribution in [2.24, 2.45) is 0 Å². The number of carbonyl (C=O) groups is 1. The van der Waals surface area contributed by atoms with Crippen LogP contribution in [-0.2, 0) is 11.3 Å². The summed E-state index contributed by atoms with van der Waals surface area (Å²) in [6.07, 6.45) is -0.260. The molecule has 1 aliphatic heterocycles. The molecule has 1 saturated heterocycles. The lowest BCUT2D eigenvalue weighted by molar-refractivity contribution is -0.128. The number of rotatable bonds is 7. The number of likely N-dealkylation sites (N-methyl/N-ethyl adjacent to an activating group) is 1. The van der Waals surface area contributed by atoms with Crippen molar-refractivity contribution >= 4 is 11.6 Å². The second-order valence-corrected chi connectivity index (χ2v) is 7.12. The molecule has 1 heterocycles. The third-order valence-corrected chi connectivity index (χ3v) is 5.04. The Balaban J connectivity index is 1.52. The highest BCUT2D eigenvalue weighted by molar-refractivity contribution is 5.81. The Morgan fingerprint density at radius 1 is 1.11 bits per heavy atom. The maximum absolute atomic E-state index is 13.7. The van der Waals surface area contributed by atoms with Crippen molar-refractivity contribution in [2.45, 2.75) is 26.0 Å². The average molecular weight is 385 g/mol. The Morgan fingerprint density at radius 3 is 2.43 bits per heavy atom. The van der Waals surface area contributed by atoms with Gasteiger partial charge in [0.15, 0.2) is 17.7 Å². The van der Waals surface area contributed by atoms with Crippen LogP contribution in [0.3, 0.4) is 0 Å². The monoisotopic (exact) mass is 385 g/mol. The van der Waals surface area contributed by atoms with Crippen molar-refractivity contribution in [3.8, 4) is 5.75 Å². The molecule has 0 unspecified atom stereocenters. The first-order chi connectivity index (χ1) is 13.6. The zero-order chi connectivity index (χ0) is 19.9. The normalized spacial score (nSPS) is 15.9. The molecule has 1 amide bonds. The van der Waals surface area contributed by atoms with Crippen LogP contribution in [0.25, 0.3) is 0 Å². The molecule has 1 fully saturated rings. The second-order valence-electron chi connectivity index (χ2n) is 7.12. The highest BCUT2D eigenvalue weighted by atomic mass is 19.1. The number of halogens is 1. The van der Waals surface area contributed by atoms with Crippen molar-refractivity contribution in [3.05, 3.63) is 59.9 Å². The summed E-state index contributed by atoms with van der Waals surface area (Å²) in [5.41, 5.74) is 2.23. The first-order valence-electron chi connectivity index (χ1n) is 9.78. The number of anilines is 1. The fourth-order valence-corrected chi connectivity index (χ4v) is 3.21. The van der Waals surface area contributed by atoms with E-state index in [2.05, 4.69) is 34.3 Å². The molecule has 28 heavy (non-hydrogen) atoms. The van der Waals surface area contributed by atoms with Crippen molar-refractivity contribution < 1.29 is 13.9 Å². The van der Waals surface area contributed by atoms with Gasteiger partial charge in [-0.25, -0.2) is 4.39 Å². The SMILES string of the molecule is CC[C@@H](Oc1ccccc1F)C(=O)NCc1ccc(N2CCN(C)CC2)cc1. The predicted molar refractivity (Wildman–Crippen MR) is 109 cm³/mol. The van der Waals surface area contributed by atoms with Gasteiger partial charge >= 0.3 is 0 Å². The first-order valence-corrected chi connectivity index (χ1v) is 9.78. The van der Waals surface area contributed by atoms with E-state index in [-0.39, 0.29) is 11.7 Å². The van der Waals surface area contributed by atoms with Gasteiger partial charge < -0.3 is 19.9 Å². The number of hydrogen-bond acceptors (Lipinski definition) is 4. The number of amides is 1. The minimum Gasteiger partial charge on any atom is -0.478 e. The highest BCUT2D eigenvalue weighted by Gasteiger charge is 2.19. The number of nitrogens with zero attached hydrogens (tertiary/aromatic N) is 2. The summed E-state index contributed by atoms with van der Waals surface area (Å²) < 4.78 is 19.3. The summed E-state index contributed by atoms with van der Waals surface area (Å²) in [6, 6.07) is 14.4. The Bertz CT molecular complexity index is 774. The number of benzene rings is 2. The van der Waals surface area contributed by atoms with E-state index in [1.165, 1.54) is 17.8 Å². The Labute approximate surface area is 166 Å². The van der Waals surface area contributed by atoms with Crippen LogP contribution in [-0.4, -0.2) is 50.1 Å². The molecule has 1 N–H and O–H groups in total. The summed E-state index contributed by atoms with van der Waals surface area (Å²) in [7, 11) is 2.14. The zero-order valence-corrected chi connectivity index (χ0v) is 16.5. The summed E-state index contributed by atoms with van der Waals surface area (Å²) in [6.45, 7) is 6.45. The van der Waals surface area contributed by atoms with Gasteiger partial charge in [0.25, 0.3) is 5.91 Å². The largest absolute Gasteiger partial charge is 0.478 e. The van der Waals surface area contributed by atoms with Crippen molar-refractivity contribution in [1.29, 1.82) is 0 Å². The number of carbonyl (C=O) groups excluding carboxylic acids is 1. The predicted octanol–water partition coefficient (Wildman–Crippen LogP) is 3.05. The number of para-hydroxylation sites is 1. The van der Waals surface area contributed by atoms with E-state index >= 15 is 0 Å². The van der Waals surface area contributed by atoms with Gasteiger partial charge in [-0.05, 0) is 43.3 Å². The molecule has 1 aliphatic rings. The van der Waals surface area contributed by atoms with Crippen LogP contribution in [0.2, 0.25) is 0 Å². The summed E-state index contributed by atoms with van der Waals surface area (Å²) >= 11 is 0. The highest BCUT2D eigenvalue weighted by Crippen LogP contribution is 2.19. The topological polar surface area (TPSA) is 44.8 Å². The first kappa shape index (κ1) is 20.1. The average Bonchev–Trinajstić information content (AvgIpc) is 2.72. The molecular formula is C22H28FN3O2. The maximum atomic E-state index is 13.7. The molecule has 0 saturated carbocycles. The quantitative estimate of drug-likeness (QED) is 0.796. The fourth-order valence-electron chi connectivity index (χ4n) is 3.21. The standard InChI is InChI=1S/C22H28FN3O2/c1-3-20(28-21-7-5-4-6-19(21)23)22(27)24-16-17-8-10-18(11-9-17)26-14-12-25(2)13-15-26/h4-11,20H,3,12-16H2,1-2H3,(H,24,27)/t20-/m1/s1. The van der Waals surface area contributed by atoms with Crippen LogP contribution in [0, 0.1) is 5.82 Å². The van der Waals surface area contributed by atoms with E-state index in [0.29, 0.717) is 13.0 Å². The van der Waals surface area contributed by atoms with Gasteiger partial charge in [-0.2, -0.15) is 0 Å². The molecule has 0 bridgehead atoms. The van der Waals surface area contributed by atoms with Gasteiger partial charge in [0, 0.05) is 38.4 Å². The molecule has 5 nitrogen and oxygen atoms in total. The van der Waals surface area contributed by atoms with Crippen molar-refractivity contribution in [3.63, 3.8) is 0 Å². The molecule has 0 radical (unpaired) electrons. The van der Waals surface area contributed by atoms with E-state index in [0.717, 1.165) is 31.7 Å². The Hall–Kier alpha value is -2.60. The van der Waals surface area contributed by atoms with Crippen LogP contribution in [0.4, 0.5) is 10.1 Å². The van der Waals surface area contributed by atoms with Gasteiger partial charge in [-0.1, -0.05) is 31.2 Å². The van der Waals surface area contributed by atoms with Gasteiger partial charge in [0.05, 0.1) is 0 Å². The minimum absolute atomic E-state index is 0.0982. The van der Waals surface area contributed by atoms with Crippen molar-refractivity contribution in [2.75, 3.05) is 38.1 Å². The lowest BCUT2D eigenvalue weighted by Crippen LogP contribution is -2.44. The van der Waals surface area contributed by atoms with Crippen LogP contribution in [0.15, 0.2) is 48.5 Å². The number of hydrogen-bond donors (Lipinski definition) is 1. The van der Waals surface area contributed by atoms with Gasteiger partial charge in [-0.3, -0.25) is 4.79 Å². The molecule has 0 aliphatic carbocycles. The van der Waals surface area contributed by atoms with E-state index in [1.54, 1.807) is 12.1 Å². The van der Waals surface area contributed by atoms with Crippen LogP contribution in [0.1, 0.15) is 18.9 Å². The van der Waals surface area contributed by atoms with Crippen LogP contribution < -0.4 is 15.0 Å². The molecule has 1 atom stereocenters. The lowest BCUT2D eigenvalue weighted by Gasteiger charge is -2.34. The smallest absolute Gasteiger partial charge is 0.261 e. The van der Waals surface area contributed by atoms with Gasteiger partial charge in [-0.15, -0.1) is 0 Å². The van der Waals surface area contributed by atoms with Gasteiger partial charge in [0.2, 0.25) is 0 Å². The molecule has 0 spiro atoms. The fraction of sp³-hybridized carbons (Fsp3) is 0.409. The summed E-state index contributed by atoms with van der Waals surface area (Å²) in [5.74, 6) is -0.608. The van der Waals surface area contributed by atoms with Crippen molar-refractivity contribution in [1.82, 2.24) is 10.2 Å². The summed E-state index contributed by atoms with van der Waals surface area (Å²) in [5, 5.41) is 2.89. The maximum Gasteiger partial charge on any atom is 0.261 e. The molecule has 0 aromatic heterocycles. The number of nitrogens with one attached hydrogen (secondary N) is 1. The third-order valence-electron chi connectivity index (χ3n) is 5.04. The van der Waals surface area contributed by atoms with E-state index in [1.807, 2.05) is 19.1 Å². The molecule has 6 heteroatoms. The molecule has 150 valence electrons. The van der Waals surface area contributed by atoms with Gasteiger partial charge in [0.1, 0.15) is 0 Å². The van der Waals surface area contributed by atoms with E-state index in [4.69, 9.17) is 4.74 Å². The van der Waals surface area contributed by atoms with Crippen LogP contribution >= 0.6 is 0 Å². The molecule has 3 rings (SSSR count). The Kier molecular flexibility index (Phi) is 6.87.